The number of likely N-dealkylation sites (N-methyl/N-ethyl adjacent to an activating group) is 2. The summed E-state index contributed by atoms with van der Waals surface area (Å²) in [5, 5.41) is 15.6. The third-order valence-electron chi connectivity index (χ3n) is 8.79. The topological polar surface area (TPSA) is 72.2 Å². The quantitative estimate of drug-likeness (QED) is 0.441. The lowest BCUT2D eigenvalue weighted by molar-refractivity contribution is -0.232. The molecule has 8 nitrogen and oxygen atoms in total. The van der Waals surface area contributed by atoms with E-state index in [-0.39, 0.29) is 11.8 Å². The first-order valence-corrected chi connectivity index (χ1v) is 14.6. The fraction of sp³-hybridized carbons (Fsp3) is 0.897. The Hall–Kier alpha value is -1.03. The van der Waals surface area contributed by atoms with Crippen LogP contribution in [0.3, 0.4) is 0 Å². The van der Waals surface area contributed by atoms with Crippen LogP contribution >= 0.6 is 0 Å². The van der Waals surface area contributed by atoms with Gasteiger partial charge in [0.2, 0.25) is 6.41 Å². The van der Waals surface area contributed by atoms with E-state index in [4.69, 9.17) is 19.3 Å². The van der Waals surface area contributed by atoms with Gasteiger partial charge < -0.3 is 24.2 Å². The fourth-order valence-corrected chi connectivity index (χ4v) is 6.79. The zero-order chi connectivity index (χ0) is 26.6. The van der Waals surface area contributed by atoms with Crippen LogP contribution in [0, 0.1) is 5.41 Å². The standard InChI is InChI=1S/C29H52N4O4/c1-28(2,3)37-27(34)32(5)17-16-31(4)20-23-21-33(25-11-7-10-18-36-25)30-26(23)22-12-13-24(35-6)29(19-22)14-8-9-15-29/h21-22,24-25,27,34H,7-20H2,1-6H3. The van der Waals surface area contributed by atoms with Crippen LogP contribution in [0.2, 0.25) is 0 Å². The summed E-state index contributed by atoms with van der Waals surface area (Å²) in [7, 11) is 5.97. The van der Waals surface area contributed by atoms with Gasteiger partial charge in [0, 0.05) is 51.0 Å². The molecular formula is C29H52N4O4. The molecule has 4 unspecified atom stereocenters. The van der Waals surface area contributed by atoms with E-state index in [1.54, 1.807) is 0 Å². The molecule has 2 saturated carbocycles. The normalized spacial score (nSPS) is 27.4. The summed E-state index contributed by atoms with van der Waals surface area (Å²) in [5.41, 5.74) is 2.52. The van der Waals surface area contributed by atoms with Gasteiger partial charge in [0.15, 0.2) is 0 Å². The van der Waals surface area contributed by atoms with Crippen molar-refractivity contribution in [1.29, 1.82) is 0 Å². The van der Waals surface area contributed by atoms with Gasteiger partial charge in [-0.15, -0.1) is 0 Å². The zero-order valence-corrected chi connectivity index (χ0v) is 24.2. The number of aliphatic hydroxyl groups is 1. The Balaban J connectivity index is 1.47. The molecule has 0 bridgehead atoms. The van der Waals surface area contributed by atoms with Crippen LogP contribution in [0.15, 0.2) is 6.20 Å². The summed E-state index contributed by atoms with van der Waals surface area (Å²) in [5.74, 6) is 0.474. The summed E-state index contributed by atoms with van der Waals surface area (Å²) >= 11 is 0. The number of aromatic nitrogens is 2. The summed E-state index contributed by atoms with van der Waals surface area (Å²) in [6.45, 7) is 9.08. The monoisotopic (exact) mass is 520 g/mol. The number of ether oxygens (including phenoxy) is 3. The van der Waals surface area contributed by atoms with Crippen LogP contribution in [0.1, 0.15) is 108 Å². The Labute approximate surface area is 224 Å². The van der Waals surface area contributed by atoms with Crippen LogP contribution in [0.5, 0.6) is 0 Å². The van der Waals surface area contributed by atoms with Crippen LogP contribution < -0.4 is 0 Å². The van der Waals surface area contributed by atoms with E-state index in [0.29, 0.717) is 24.0 Å². The third kappa shape index (κ3) is 7.34. The molecule has 2 aliphatic carbocycles. The van der Waals surface area contributed by atoms with Gasteiger partial charge in [-0.3, -0.25) is 4.90 Å². The van der Waals surface area contributed by atoms with Crippen molar-refractivity contribution in [2.75, 3.05) is 40.9 Å². The Bertz CT molecular complexity index is 841. The summed E-state index contributed by atoms with van der Waals surface area (Å²) in [6, 6.07) is 0. The Morgan fingerprint density at radius 1 is 1.14 bits per heavy atom. The first-order chi connectivity index (χ1) is 17.6. The molecule has 1 aromatic heterocycles. The van der Waals surface area contributed by atoms with E-state index in [2.05, 4.69) is 22.8 Å². The lowest BCUT2D eigenvalue weighted by Gasteiger charge is -2.44. The number of aliphatic hydroxyl groups excluding tert-OH is 1. The van der Waals surface area contributed by atoms with Crippen molar-refractivity contribution >= 4 is 0 Å². The number of rotatable bonds is 10. The van der Waals surface area contributed by atoms with E-state index in [1.807, 2.05) is 39.8 Å². The number of hydrogen-bond donors (Lipinski definition) is 1. The van der Waals surface area contributed by atoms with Crippen molar-refractivity contribution in [3.05, 3.63) is 17.5 Å². The van der Waals surface area contributed by atoms with E-state index >= 15 is 0 Å². The predicted molar refractivity (Wildman–Crippen MR) is 145 cm³/mol. The molecule has 8 heteroatoms. The second-order valence-electron chi connectivity index (χ2n) is 12.9. The Morgan fingerprint density at radius 2 is 1.89 bits per heavy atom. The Morgan fingerprint density at radius 3 is 2.54 bits per heavy atom. The highest BCUT2D eigenvalue weighted by Gasteiger charge is 2.47. The molecule has 0 aromatic carbocycles. The molecule has 1 spiro atoms. The molecule has 0 radical (unpaired) electrons. The van der Waals surface area contributed by atoms with E-state index in [9.17, 15) is 5.11 Å². The number of hydrogen-bond acceptors (Lipinski definition) is 7. The van der Waals surface area contributed by atoms with Crippen LogP contribution in [-0.2, 0) is 20.8 Å². The summed E-state index contributed by atoms with van der Waals surface area (Å²) in [4.78, 5) is 4.19. The van der Waals surface area contributed by atoms with Gasteiger partial charge >= 0.3 is 0 Å². The second kappa shape index (κ2) is 12.4. The fourth-order valence-electron chi connectivity index (χ4n) is 6.79. The molecule has 0 amide bonds. The van der Waals surface area contributed by atoms with Gasteiger partial charge in [-0.1, -0.05) is 12.8 Å². The molecular weight excluding hydrogens is 468 g/mol. The first-order valence-electron chi connectivity index (χ1n) is 14.6. The number of methoxy groups -OCH3 is 1. The molecule has 1 aromatic rings. The predicted octanol–water partition coefficient (Wildman–Crippen LogP) is 4.88. The average Bonchev–Trinajstić information content (AvgIpc) is 3.49. The minimum Gasteiger partial charge on any atom is -0.381 e. The maximum atomic E-state index is 10.4. The van der Waals surface area contributed by atoms with Crippen molar-refractivity contribution in [2.24, 2.45) is 5.41 Å². The minimum absolute atomic E-state index is 0.0538. The first kappa shape index (κ1) is 29.0. The maximum absolute atomic E-state index is 10.4. The molecule has 1 saturated heterocycles. The zero-order valence-electron chi connectivity index (χ0n) is 24.2. The van der Waals surface area contributed by atoms with Crippen molar-refractivity contribution in [3.63, 3.8) is 0 Å². The SMILES string of the molecule is COC1CCC(c2nn(C3CCCCO3)cc2CN(C)CCN(C)C(O)OC(C)(C)C)CC12CCCC2. The molecule has 1 N–H and O–H groups in total. The highest BCUT2D eigenvalue weighted by Crippen LogP contribution is 2.54. The van der Waals surface area contributed by atoms with Crippen molar-refractivity contribution in [3.8, 4) is 0 Å². The smallest absolute Gasteiger partial charge is 0.216 e. The molecule has 2 heterocycles. The van der Waals surface area contributed by atoms with E-state index < -0.39 is 6.41 Å². The van der Waals surface area contributed by atoms with Gasteiger partial charge in [0.1, 0.15) is 6.23 Å². The van der Waals surface area contributed by atoms with Crippen LogP contribution in [0.25, 0.3) is 0 Å². The Kier molecular flexibility index (Phi) is 9.73. The second-order valence-corrected chi connectivity index (χ2v) is 12.9. The van der Waals surface area contributed by atoms with Crippen molar-refractivity contribution < 1.29 is 19.3 Å². The lowest BCUT2D eigenvalue weighted by atomic mass is 9.65. The van der Waals surface area contributed by atoms with Gasteiger partial charge in [-0.2, -0.15) is 5.10 Å². The minimum atomic E-state index is -0.909. The third-order valence-corrected chi connectivity index (χ3v) is 8.79. The molecule has 3 aliphatic rings. The summed E-state index contributed by atoms with van der Waals surface area (Å²) < 4.78 is 20.0. The molecule has 1 aliphatic heterocycles. The van der Waals surface area contributed by atoms with Crippen molar-refractivity contribution in [2.45, 2.75) is 122 Å². The van der Waals surface area contributed by atoms with E-state index in [0.717, 1.165) is 45.4 Å². The molecule has 4 rings (SSSR count). The van der Waals surface area contributed by atoms with Gasteiger partial charge in [0.05, 0.1) is 17.4 Å². The largest absolute Gasteiger partial charge is 0.381 e. The lowest BCUT2D eigenvalue weighted by Crippen LogP contribution is -2.42. The highest BCUT2D eigenvalue weighted by molar-refractivity contribution is 5.23. The average molecular weight is 521 g/mol. The van der Waals surface area contributed by atoms with Gasteiger partial charge in [0.25, 0.3) is 0 Å². The van der Waals surface area contributed by atoms with Crippen molar-refractivity contribution in [1.82, 2.24) is 19.6 Å². The van der Waals surface area contributed by atoms with Crippen LogP contribution in [0.4, 0.5) is 0 Å². The summed E-state index contributed by atoms with van der Waals surface area (Å²) in [6.07, 6.45) is 13.8. The molecule has 37 heavy (non-hydrogen) atoms. The molecule has 4 atom stereocenters. The van der Waals surface area contributed by atoms with Crippen LogP contribution in [-0.4, -0.2) is 83.7 Å². The van der Waals surface area contributed by atoms with Gasteiger partial charge in [-0.05, 0) is 91.6 Å². The maximum Gasteiger partial charge on any atom is 0.216 e. The molecule has 212 valence electrons. The van der Waals surface area contributed by atoms with E-state index in [1.165, 1.54) is 49.8 Å². The number of nitrogens with zero attached hydrogens (tertiary/aromatic N) is 4. The highest BCUT2D eigenvalue weighted by atomic mass is 16.6. The van der Waals surface area contributed by atoms with Gasteiger partial charge in [-0.25, -0.2) is 4.68 Å². The molecule has 3 fully saturated rings.